The van der Waals surface area contributed by atoms with Crippen LogP contribution in [0.3, 0.4) is 0 Å². The first-order chi connectivity index (χ1) is 15.2. The van der Waals surface area contributed by atoms with Gasteiger partial charge in [-0.2, -0.15) is 8.42 Å². The van der Waals surface area contributed by atoms with Crippen molar-refractivity contribution in [1.82, 2.24) is 0 Å². The fraction of sp³-hybridized carbons (Fsp3) is 0.0833. The Morgan fingerprint density at radius 1 is 0.938 bits per heavy atom. The Morgan fingerprint density at radius 2 is 1.59 bits per heavy atom. The van der Waals surface area contributed by atoms with Crippen molar-refractivity contribution in [3.8, 4) is 5.75 Å². The highest BCUT2D eigenvalue weighted by molar-refractivity contribution is 8.27. The molecule has 1 fully saturated rings. The van der Waals surface area contributed by atoms with Crippen LogP contribution in [0.15, 0.2) is 82.6 Å². The molecule has 0 aliphatic carbocycles. The van der Waals surface area contributed by atoms with Crippen LogP contribution in [0.1, 0.15) is 16.7 Å². The topological polar surface area (TPSA) is 63.7 Å². The van der Waals surface area contributed by atoms with Crippen molar-refractivity contribution in [3.63, 3.8) is 0 Å². The van der Waals surface area contributed by atoms with Gasteiger partial charge in [-0.15, -0.1) is 0 Å². The van der Waals surface area contributed by atoms with Crippen molar-refractivity contribution < 1.29 is 17.4 Å². The van der Waals surface area contributed by atoms with Gasteiger partial charge in [-0.25, -0.2) is 0 Å². The van der Waals surface area contributed by atoms with Crippen LogP contribution in [0, 0.1) is 13.8 Å². The molecule has 162 valence electrons. The number of thioether (sulfide) groups is 1. The molecule has 0 spiro atoms. The summed E-state index contributed by atoms with van der Waals surface area (Å²) in [6, 6.07) is 20.7. The van der Waals surface area contributed by atoms with Gasteiger partial charge in [0.25, 0.3) is 5.91 Å². The zero-order chi connectivity index (χ0) is 22.9. The summed E-state index contributed by atoms with van der Waals surface area (Å²) in [6.07, 6.45) is 1.62. The number of carbonyl (C=O) groups excluding carboxylic acids is 1. The van der Waals surface area contributed by atoms with E-state index >= 15 is 0 Å². The summed E-state index contributed by atoms with van der Waals surface area (Å²) in [5.41, 5.74) is 3.01. The summed E-state index contributed by atoms with van der Waals surface area (Å²) in [4.78, 5) is 15.0. The van der Waals surface area contributed by atoms with E-state index in [9.17, 15) is 13.2 Å². The van der Waals surface area contributed by atoms with Crippen LogP contribution in [0.5, 0.6) is 5.75 Å². The van der Waals surface area contributed by atoms with Crippen LogP contribution in [0.25, 0.3) is 6.08 Å². The van der Waals surface area contributed by atoms with Crippen molar-refractivity contribution in [2.75, 3.05) is 4.90 Å². The van der Waals surface area contributed by atoms with Crippen molar-refractivity contribution >= 4 is 56.1 Å². The van der Waals surface area contributed by atoms with Gasteiger partial charge in [-0.3, -0.25) is 9.69 Å². The lowest BCUT2D eigenvalue weighted by Gasteiger charge is -2.14. The average Bonchev–Trinajstić information content (AvgIpc) is 3.04. The van der Waals surface area contributed by atoms with E-state index in [0.717, 1.165) is 11.1 Å². The molecule has 1 heterocycles. The van der Waals surface area contributed by atoms with Crippen molar-refractivity contribution in [2.24, 2.45) is 0 Å². The molecule has 0 atom stereocenters. The maximum absolute atomic E-state index is 13.0. The van der Waals surface area contributed by atoms with Crippen LogP contribution in [0.4, 0.5) is 5.69 Å². The number of thiocarbonyl (C=S) groups is 1. The minimum Gasteiger partial charge on any atom is -0.378 e. The number of hydrogen-bond acceptors (Lipinski definition) is 6. The van der Waals surface area contributed by atoms with E-state index in [-0.39, 0.29) is 16.6 Å². The Balaban J connectivity index is 1.69. The fourth-order valence-corrected chi connectivity index (χ4v) is 5.38. The minimum absolute atomic E-state index is 0.0602. The smallest absolute Gasteiger partial charge is 0.339 e. The van der Waals surface area contributed by atoms with Gasteiger partial charge < -0.3 is 4.18 Å². The molecule has 0 unspecified atom stereocenters. The Kier molecular flexibility index (Phi) is 6.19. The predicted octanol–water partition coefficient (Wildman–Crippen LogP) is 5.48. The van der Waals surface area contributed by atoms with Crippen LogP contribution in [0.2, 0.25) is 0 Å². The average molecular weight is 482 g/mol. The molecule has 5 nitrogen and oxygen atoms in total. The van der Waals surface area contributed by atoms with Gasteiger partial charge in [0.15, 0.2) is 4.32 Å². The van der Waals surface area contributed by atoms with Crippen LogP contribution in [-0.2, 0) is 14.9 Å². The third kappa shape index (κ3) is 4.62. The number of benzene rings is 3. The molecule has 3 aromatic rings. The van der Waals surface area contributed by atoms with E-state index in [1.807, 2.05) is 44.2 Å². The number of carbonyl (C=O) groups is 1. The molecule has 0 radical (unpaired) electrons. The first-order valence-corrected chi connectivity index (χ1v) is 12.3. The lowest BCUT2D eigenvalue weighted by Crippen LogP contribution is -2.27. The second kappa shape index (κ2) is 8.90. The van der Waals surface area contributed by atoms with E-state index in [0.29, 0.717) is 20.5 Å². The number of hydrogen-bond donors (Lipinski definition) is 0. The van der Waals surface area contributed by atoms with Gasteiger partial charge in [-0.1, -0.05) is 71.5 Å². The number of rotatable bonds is 5. The second-order valence-corrected chi connectivity index (χ2v) is 10.5. The normalized spacial score (nSPS) is 15.4. The van der Waals surface area contributed by atoms with Gasteiger partial charge in [-0.05, 0) is 56.3 Å². The first-order valence-electron chi connectivity index (χ1n) is 9.69. The van der Waals surface area contributed by atoms with Crippen LogP contribution >= 0.6 is 24.0 Å². The maximum atomic E-state index is 13.0. The summed E-state index contributed by atoms with van der Waals surface area (Å²) in [7, 11) is -4.03. The number of para-hydroxylation sites is 1. The molecule has 1 aliphatic rings. The van der Waals surface area contributed by atoms with E-state index in [1.54, 1.807) is 36.4 Å². The molecular weight excluding hydrogens is 462 g/mol. The molecule has 4 rings (SSSR count). The molecular formula is C24H19NO4S3. The van der Waals surface area contributed by atoms with Gasteiger partial charge in [0.1, 0.15) is 10.6 Å². The van der Waals surface area contributed by atoms with E-state index in [2.05, 4.69) is 0 Å². The lowest BCUT2D eigenvalue weighted by atomic mass is 10.1. The second-order valence-electron chi connectivity index (χ2n) is 7.24. The molecule has 0 saturated carbocycles. The SMILES string of the molecule is Cc1ccc(S(=O)(=O)Oc2ccc(C)cc2/C=C2\SC(=S)N(c3ccccc3)C2=O)cc1. The zero-order valence-electron chi connectivity index (χ0n) is 17.3. The number of anilines is 1. The Bertz CT molecular complexity index is 1330. The van der Waals surface area contributed by atoms with Crippen LogP contribution < -0.4 is 9.08 Å². The largest absolute Gasteiger partial charge is 0.378 e. The quantitative estimate of drug-likeness (QED) is 0.273. The molecule has 1 aliphatic heterocycles. The maximum Gasteiger partial charge on any atom is 0.339 e. The third-order valence-electron chi connectivity index (χ3n) is 4.77. The van der Waals surface area contributed by atoms with Gasteiger partial charge in [0, 0.05) is 5.56 Å². The van der Waals surface area contributed by atoms with Crippen molar-refractivity contribution in [3.05, 3.63) is 94.4 Å². The highest BCUT2D eigenvalue weighted by Crippen LogP contribution is 2.37. The summed E-state index contributed by atoms with van der Waals surface area (Å²) in [5.74, 6) is -0.124. The molecule has 0 N–H and O–H groups in total. The molecule has 0 bridgehead atoms. The summed E-state index contributed by atoms with van der Waals surface area (Å²) in [5, 5.41) is 0. The van der Waals surface area contributed by atoms with Crippen LogP contribution in [-0.4, -0.2) is 18.6 Å². The zero-order valence-corrected chi connectivity index (χ0v) is 19.8. The Morgan fingerprint density at radius 3 is 2.28 bits per heavy atom. The summed E-state index contributed by atoms with van der Waals surface area (Å²) in [6.45, 7) is 3.76. The lowest BCUT2D eigenvalue weighted by molar-refractivity contribution is -0.113. The molecule has 8 heteroatoms. The first kappa shape index (κ1) is 22.3. The highest BCUT2D eigenvalue weighted by Gasteiger charge is 2.33. The van der Waals surface area contributed by atoms with Gasteiger partial charge in [0.2, 0.25) is 0 Å². The van der Waals surface area contributed by atoms with E-state index < -0.39 is 10.1 Å². The number of nitrogens with zero attached hydrogens (tertiary/aromatic N) is 1. The standard InChI is InChI=1S/C24H19NO4S3/c1-16-8-11-20(12-9-16)32(27,28)29-21-13-10-17(2)14-18(21)15-22-23(26)25(24(30)31-22)19-6-4-3-5-7-19/h3-15H,1-2H3/b22-15-. The van der Waals surface area contributed by atoms with Crippen molar-refractivity contribution in [2.45, 2.75) is 18.7 Å². The highest BCUT2D eigenvalue weighted by atomic mass is 32.2. The third-order valence-corrected chi connectivity index (χ3v) is 7.32. The molecule has 0 aromatic heterocycles. The minimum atomic E-state index is -4.03. The van der Waals surface area contributed by atoms with E-state index in [1.165, 1.54) is 28.8 Å². The fourth-order valence-electron chi connectivity index (χ4n) is 3.14. The molecule has 32 heavy (non-hydrogen) atoms. The summed E-state index contributed by atoms with van der Waals surface area (Å²) >= 11 is 6.58. The monoisotopic (exact) mass is 481 g/mol. The Hall–Kier alpha value is -2.94. The molecule has 3 aromatic carbocycles. The molecule has 1 saturated heterocycles. The molecule has 1 amide bonds. The van der Waals surface area contributed by atoms with Crippen molar-refractivity contribution in [1.29, 1.82) is 0 Å². The number of amides is 1. The number of aryl methyl sites for hydroxylation is 2. The van der Waals surface area contributed by atoms with Gasteiger partial charge >= 0.3 is 10.1 Å². The summed E-state index contributed by atoms with van der Waals surface area (Å²) < 4.78 is 31.5. The Labute approximate surface area is 196 Å². The van der Waals surface area contributed by atoms with Gasteiger partial charge in [0.05, 0.1) is 10.6 Å². The predicted molar refractivity (Wildman–Crippen MR) is 132 cm³/mol. The van der Waals surface area contributed by atoms with E-state index in [4.69, 9.17) is 16.4 Å².